The topological polar surface area (TPSA) is 102 Å². The van der Waals surface area contributed by atoms with Gasteiger partial charge in [-0.05, 0) is 52.6 Å². The van der Waals surface area contributed by atoms with Crippen LogP contribution in [0.3, 0.4) is 0 Å². The van der Waals surface area contributed by atoms with Crippen LogP contribution >= 0.6 is 0 Å². The quantitative estimate of drug-likeness (QED) is 0.0760. The van der Waals surface area contributed by atoms with Gasteiger partial charge in [0.15, 0.2) is 0 Å². The van der Waals surface area contributed by atoms with Crippen molar-refractivity contribution in [2.45, 2.75) is 6.61 Å². The number of hydrogen-bond acceptors (Lipinski definition) is 6. The Bertz CT molecular complexity index is 1970. The van der Waals surface area contributed by atoms with Crippen molar-refractivity contribution in [1.82, 2.24) is 0 Å². The molecule has 0 heterocycles. The summed E-state index contributed by atoms with van der Waals surface area (Å²) in [4.78, 5) is 29.9. The summed E-state index contributed by atoms with van der Waals surface area (Å²) in [7, 11) is 0. The Labute approximate surface area is 253 Å². The van der Waals surface area contributed by atoms with E-state index in [-0.39, 0.29) is 23.5 Å². The van der Waals surface area contributed by atoms with Crippen LogP contribution in [0.4, 0.5) is 0 Å². The molecule has 6 aromatic carbocycles. The number of carboxylic acids is 1. The summed E-state index contributed by atoms with van der Waals surface area (Å²) in [6.07, 6.45) is 0. The molecule has 6 aromatic rings. The molecule has 0 saturated carbocycles. The van der Waals surface area contributed by atoms with E-state index in [1.807, 2.05) is 97.1 Å². The highest BCUT2D eigenvalue weighted by atomic mass is 17.1. The van der Waals surface area contributed by atoms with Gasteiger partial charge in [-0.2, -0.15) is 0 Å². The van der Waals surface area contributed by atoms with Gasteiger partial charge in [0.1, 0.15) is 23.9 Å². The Morgan fingerprint density at radius 3 is 1.75 bits per heavy atom. The highest BCUT2D eigenvalue weighted by Crippen LogP contribution is 2.38. The lowest BCUT2D eigenvalue weighted by atomic mass is 9.99. The van der Waals surface area contributed by atoms with E-state index in [9.17, 15) is 20.0 Å². The van der Waals surface area contributed by atoms with Crippen molar-refractivity contribution in [2.75, 3.05) is 0 Å². The number of carbonyl (C=O) groups is 2. The number of esters is 1. The Balaban J connectivity index is 1.35. The molecule has 0 unspecified atom stereocenters. The summed E-state index contributed by atoms with van der Waals surface area (Å²) in [5.41, 5.74) is 3.86. The molecule has 0 amide bonds. The van der Waals surface area contributed by atoms with E-state index in [0.717, 1.165) is 16.7 Å². The van der Waals surface area contributed by atoms with Gasteiger partial charge in [-0.3, -0.25) is 5.26 Å². The predicted octanol–water partition coefficient (Wildman–Crippen LogP) is 8.87. The van der Waals surface area contributed by atoms with Crippen molar-refractivity contribution in [1.29, 1.82) is 0 Å². The molecule has 0 fully saturated rings. The fourth-order valence-corrected chi connectivity index (χ4v) is 5.05. The fraction of sp³-hybridized carbons (Fsp3) is 0.0270. The fourth-order valence-electron chi connectivity index (χ4n) is 5.05. The van der Waals surface area contributed by atoms with E-state index in [1.165, 1.54) is 12.1 Å². The Hall–Kier alpha value is -5.76. The summed E-state index contributed by atoms with van der Waals surface area (Å²) >= 11 is 0. The minimum absolute atomic E-state index is 0.0605. The van der Waals surface area contributed by atoms with E-state index >= 15 is 0 Å². The lowest BCUT2D eigenvalue weighted by molar-refractivity contribution is -0.253. The van der Waals surface area contributed by atoms with E-state index in [0.29, 0.717) is 33.4 Å². The normalized spacial score (nSPS) is 10.8. The third-order valence-corrected chi connectivity index (χ3v) is 7.24. The molecule has 0 aliphatic carbocycles. The van der Waals surface area contributed by atoms with Crippen molar-refractivity contribution < 1.29 is 34.3 Å². The molecule has 0 aromatic heterocycles. The number of hydrogen-bond donors (Lipinski definition) is 2. The first-order chi connectivity index (χ1) is 21.5. The number of aromatic carboxylic acids is 1. The molecule has 0 bridgehead atoms. The second-order valence-corrected chi connectivity index (χ2v) is 9.99. The molecule has 7 nitrogen and oxygen atoms in total. The van der Waals surface area contributed by atoms with Crippen LogP contribution in [0, 0.1) is 0 Å². The molecule has 0 aliphatic heterocycles. The number of rotatable bonds is 9. The number of ether oxygens (including phenoxy) is 2. The van der Waals surface area contributed by atoms with Crippen LogP contribution in [0.5, 0.6) is 17.2 Å². The molecule has 0 spiro atoms. The van der Waals surface area contributed by atoms with Crippen molar-refractivity contribution in [3.8, 4) is 39.5 Å². The first-order valence-electron chi connectivity index (χ1n) is 13.8. The maximum atomic E-state index is 13.5. The SMILES string of the molecule is O=C(O)c1ccc(-c2ccccc2)cc1C(=O)Oc1ccc(Oc2cc(-c3ccccc3)ccc2COO)c2ccccc12. The lowest BCUT2D eigenvalue weighted by Gasteiger charge is -2.16. The van der Waals surface area contributed by atoms with Gasteiger partial charge in [0, 0.05) is 16.3 Å². The molecule has 0 aliphatic rings. The number of fused-ring (bicyclic) bond motifs is 1. The third kappa shape index (κ3) is 5.91. The molecule has 216 valence electrons. The maximum Gasteiger partial charge on any atom is 0.344 e. The van der Waals surface area contributed by atoms with Crippen molar-refractivity contribution in [3.05, 3.63) is 150 Å². The lowest BCUT2D eigenvalue weighted by Crippen LogP contribution is -2.14. The zero-order valence-corrected chi connectivity index (χ0v) is 23.3. The van der Waals surface area contributed by atoms with Crippen LogP contribution in [0.15, 0.2) is 133 Å². The van der Waals surface area contributed by atoms with Crippen LogP contribution < -0.4 is 9.47 Å². The summed E-state index contributed by atoms with van der Waals surface area (Å²) in [6, 6.07) is 40.0. The van der Waals surface area contributed by atoms with Crippen LogP contribution in [-0.2, 0) is 11.5 Å². The third-order valence-electron chi connectivity index (χ3n) is 7.24. The van der Waals surface area contributed by atoms with Gasteiger partial charge in [-0.25, -0.2) is 14.5 Å². The first kappa shape index (κ1) is 28.4. The van der Waals surface area contributed by atoms with Gasteiger partial charge in [0.05, 0.1) is 11.1 Å². The van der Waals surface area contributed by atoms with Crippen LogP contribution in [0.1, 0.15) is 26.3 Å². The van der Waals surface area contributed by atoms with Crippen LogP contribution in [0.25, 0.3) is 33.0 Å². The van der Waals surface area contributed by atoms with Crippen molar-refractivity contribution >= 4 is 22.7 Å². The molecule has 0 radical (unpaired) electrons. The van der Waals surface area contributed by atoms with Crippen molar-refractivity contribution in [2.24, 2.45) is 0 Å². The largest absolute Gasteiger partial charge is 0.478 e. The summed E-state index contributed by atoms with van der Waals surface area (Å²) in [5.74, 6) is -0.805. The highest BCUT2D eigenvalue weighted by molar-refractivity contribution is 6.05. The Kier molecular flexibility index (Phi) is 8.14. The maximum absolute atomic E-state index is 13.5. The Morgan fingerprint density at radius 2 is 1.11 bits per heavy atom. The second kappa shape index (κ2) is 12.6. The number of carboxylic acid groups (broad SMARTS) is 1. The number of carbonyl (C=O) groups excluding carboxylic acids is 1. The van der Waals surface area contributed by atoms with Crippen molar-refractivity contribution in [3.63, 3.8) is 0 Å². The summed E-state index contributed by atoms with van der Waals surface area (Å²) in [5, 5.41) is 20.2. The molecule has 0 saturated heterocycles. The van der Waals surface area contributed by atoms with Gasteiger partial charge in [0.25, 0.3) is 0 Å². The standard InChI is InChI=1S/C37H26O7/c38-36(39)31-18-17-26(24-9-3-1-4-10-24)21-32(31)37(40)44-34-20-19-33(29-13-7-8-14-30(29)34)43-35-22-27(15-16-28(35)23-42-41)25-11-5-2-6-12-25/h1-22,41H,23H2,(H,38,39). The molecule has 7 heteroatoms. The van der Waals surface area contributed by atoms with E-state index in [4.69, 9.17) is 9.47 Å². The minimum atomic E-state index is -1.23. The summed E-state index contributed by atoms with van der Waals surface area (Å²) in [6.45, 7) is -0.0774. The van der Waals surface area contributed by atoms with Gasteiger partial charge in [0.2, 0.25) is 0 Å². The number of benzene rings is 6. The van der Waals surface area contributed by atoms with Gasteiger partial charge in [-0.15, -0.1) is 0 Å². The average Bonchev–Trinajstić information content (AvgIpc) is 3.07. The molecule has 6 rings (SSSR count). The molecular formula is C37H26O7. The minimum Gasteiger partial charge on any atom is -0.478 e. The molecule has 2 N–H and O–H groups in total. The van der Waals surface area contributed by atoms with Gasteiger partial charge >= 0.3 is 11.9 Å². The first-order valence-corrected chi connectivity index (χ1v) is 13.8. The zero-order valence-electron chi connectivity index (χ0n) is 23.3. The average molecular weight is 583 g/mol. The smallest absolute Gasteiger partial charge is 0.344 e. The van der Waals surface area contributed by atoms with Crippen LogP contribution in [-0.4, -0.2) is 22.3 Å². The second-order valence-electron chi connectivity index (χ2n) is 9.99. The highest BCUT2D eigenvalue weighted by Gasteiger charge is 2.21. The predicted molar refractivity (Wildman–Crippen MR) is 167 cm³/mol. The van der Waals surface area contributed by atoms with Gasteiger partial charge < -0.3 is 14.6 Å². The molecular weight excluding hydrogens is 556 g/mol. The monoisotopic (exact) mass is 582 g/mol. The zero-order chi connectivity index (χ0) is 30.5. The van der Waals surface area contributed by atoms with E-state index < -0.39 is 11.9 Å². The van der Waals surface area contributed by atoms with E-state index in [2.05, 4.69) is 4.89 Å². The van der Waals surface area contributed by atoms with Crippen LogP contribution in [0.2, 0.25) is 0 Å². The van der Waals surface area contributed by atoms with E-state index in [1.54, 1.807) is 24.3 Å². The summed E-state index contributed by atoms with van der Waals surface area (Å²) < 4.78 is 12.2. The molecule has 44 heavy (non-hydrogen) atoms. The molecule has 0 atom stereocenters. The Morgan fingerprint density at radius 1 is 0.545 bits per heavy atom. The van der Waals surface area contributed by atoms with Gasteiger partial charge in [-0.1, -0.05) is 103 Å².